The van der Waals surface area contributed by atoms with Crippen LogP contribution in [0.25, 0.3) is 0 Å². The molecule has 27 heavy (non-hydrogen) atoms. The van der Waals surface area contributed by atoms with Crippen LogP contribution in [0.4, 0.5) is 23.7 Å². The van der Waals surface area contributed by atoms with Gasteiger partial charge in [0.05, 0.1) is 5.56 Å². The van der Waals surface area contributed by atoms with E-state index >= 15 is 0 Å². The lowest BCUT2D eigenvalue weighted by molar-refractivity contribution is -0.137. The van der Waals surface area contributed by atoms with E-state index in [1.807, 2.05) is 6.07 Å². The molecule has 0 aliphatic carbocycles. The number of benzene rings is 2. The standard InChI is InChI=1S/C18H19F3N2O4/c19-18(20,21)12-6-7-13(14(22)8-12)16(25)15(24)9-23-17(26)27-10-11-4-2-1-3-5-11/h1-8,15-16,24-25H,9-10,22H2,(H,23,26). The number of aliphatic hydroxyl groups excluding tert-OH is 2. The summed E-state index contributed by atoms with van der Waals surface area (Å²) >= 11 is 0. The monoisotopic (exact) mass is 384 g/mol. The molecule has 0 heterocycles. The molecule has 0 aromatic heterocycles. The number of ether oxygens (including phenoxy) is 1. The summed E-state index contributed by atoms with van der Waals surface area (Å²) in [5, 5.41) is 22.3. The van der Waals surface area contributed by atoms with Gasteiger partial charge in [0, 0.05) is 17.8 Å². The number of nitrogen functional groups attached to an aromatic ring is 1. The summed E-state index contributed by atoms with van der Waals surface area (Å²) in [6.45, 7) is -0.355. The Kier molecular flexibility index (Phi) is 6.65. The number of hydrogen-bond donors (Lipinski definition) is 4. The van der Waals surface area contributed by atoms with Gasteiger partial charge in [0.15, 0.2) is 0 Å². The molecule has 2 aromatic carbocycles. The van der Waals surface area contributed by atoms with Crippen LogP contribution in [0.3, 0.4) is 0 Å². The van der Waals surface area contributed by atoms with Crippen LogP contribution in [0.5, 0.6) is 0 Å². The molecule has 2 rings (SSSR count). The molecule has 0 fully saturated rings. The molecule has 2 aromatic rings. The molecular weight excluding hydrogens is 365 g/mol. The minimum atomic E-state index is -4.57. The van der Waals surface area contributed by atoms with Gasteiger partial charge in [-0.15, -0.1) is 0 Å². The molecule has 0 bridgehead atoms. The fourth-order valence-electron chi connectivity index (χ4n) is 2.30. The van der Waals surface area contributed by atoms with Crippen LogP contribution in [0, 0.1) is 0 Å². The summed E-state index contributed by atoms with van der Waals surface area (Å²) in [6, 6.07) is 11.3. The molecule has 2 atom stereocenters. The molecule has 5 N–H and O–H groups in total. The molecule has 0 radical (unpaired) electrons. The van der Waals surface area contributed by atoms with Crippen molar-refractivity contribution >= 4 is 11.8 Å². The molecule has 0 saturated heterocycles. The van der Waals surface area contributed by atoms with Gasteiger partial charge in [0.2, 0.25) is 0 Å². The van der Waals surface area contributed by atoms with Crippen LogP contribution < -0.4 is 11.1 Å². The number of hydrogen-bond acceptors (Lipinski definition) is 5. The Morgan fingerprint density at radius 1 is 1.15 bits per heavy atom. The van der Waals surface area contributed by atoms with Crippen molar-refractivity contribution in [2.45, 2.75) is 25.0 Å². The summed E-state index contributed by atoms with van der Waals surface area (Å²) in [7, 11) is 0. The molecule has 6 nitrogen and oxygen atoms in total. The number of anilines is 1. The third-order valence-electron chi connectivity index (χ3n) is 3.77. The molecule has 0 saturated carbocycles. The maximum Gasteiger partial charge on any atom is 0.416 e. The number of carbonyl (C=O) groups excluding carboxylic acids is 1. The highest BCUT2D eigenvalue weighted by Gasteiger charge is 2.31. The van der Waals surface area contributed by atoms with Crippen molar-refractivity contribution in [3.63, 3.8) is 0 Å². The summed E-state index contributed by atoms with van der Waals surface area (Å²) in [5.41, 5.74) is 4.96. The van der Waals surface area contributed by atoms with E-state index in [1.54, 1.807) is 24.3 Å². The first kappa shape index (κ1) is 20.5. The van der Waals surface area contributed by atoms with Crippen molar-refractivity contribution in [2.75, 3.05) is 12.3 Å². The quantitative estimate of drug-likeness (QED) is 0.573. The average molecular weight is 384 g/mol. The zero-order valence-electron chi connectivity index (χ0n) is 14.1. The van der Waals surface area contributed by atoms with E-state index in [9.17, 15) is 28.2 Å². The molecule has 0 aliphatic rings. The first-order chi connectivity index (χ1) is 12.7. The van der Waals surface area contributed by atoms with Gasteiger partial charge in [-0.25, -0.2) is 4.79 Å². The summed E-state index contributed by atoms with van der Waals surface area (Å²) in [4.78, 5) is 11.6. The number of halogens is 3. The lowest BCUT2D eigenvalue weighted by Gasteiger charge is -2.20. The van der Waals surface area contributed by atoms with Gasteiger partial charge >= 0.3 is 12.3 Å². The van der Waals surface area contributed by atoms with Gasteiger partial charge in [-0.1, -0.05) is 36.4 Å². The number of nitrogens with two attached hydrogens (primary N) is 1. The number of carbonyl (C=O) groups is 1. The number of amides is 1. The highest BCUT2D eigenvalue weighted by atomic mass is 19.4. The fourth-order valence-corrected chi connectivity index (χ4v) is 2.30. The van der Waals surface area contributed by atoms with E-state index in [2.05, 4.69) is 5.32 Å². The molecule has 9 heteroatoms. The van der Waals surface area contributed by atoms with Crippen molar-refractivity contribution in [1.82, 2.24) is 5.32 Å². The molecule has 0 spiro atoms. The average Bonchev–Trinajstić information content (AvgIpc) is 2.63. The largest absolute Gasteiger partial charge is 0.445 e. The van der Waals surface area contributed by atoms with E-state index in [0.29, 0.717) is 6.07 Å². The Morgan fingerprint density at radius 3 is 2.41 bits per heavy atom. The van der Waals surface area contributed by atoms with Crippen LogP contribution in [0.15, 0.2) is 48.5 Å². The van der Waals surface area contributed by atoms with Crippen LogP contribution in [-0.4, -0.2) is 29.0 Å². The molecular formula is C18H19F3N2O4. The summed E-state index contributed by atoms with van der Waals surface area (Å²) < 4.78 is 42.9. The van der Waals surface area contributed by atoms with Gasteiger partial charge in [-0.3, -0.25) is 0 Å². The maximum absolute atomic E-state index is 12.6. The van der Waals surface area contributed by atoms with Crippen LogP contribution in [0.2, 0.25) is 0 Å². The molecule has 146 valence electrons. The van der Waals surface area contributed by atoms with E-state index in [0.717, 1.165) is 17.7 Å². The topological polar surface area (TPSA) is 105 Å². The molecule has 1 amide bonds. The minimum Gasteiger partial charge on any atom is -0.445 e. The highest BCUT2D eigenvalue weighted by molar-refractivity contribution is 5.67. The number of nitrogens with one attached hydrogen (secondary N) is 1. The van der Waals surface area contributed by atoms with Gasteiger partial charge in [0.25, 0.3) is 0 Å². The lowest BCUT2D eigenvalue weighted by Crippen LogP contribution is -2.36. The Labute approximate surface area is 153 Å². The second kappa shape index (κ2) is 8.74. The SMILES string of the molecule is Nc1cc(C(F)(F)F)ccc1C(O)C(O)CNC(=O)OCc1ccccc1. The van der Waals surface area contributed by atoms with Crippen LogP contribution in [0.1, 0.15) is 22.8 Å². The van der Waals surface area contributed by atoms with Crippen molar-refractivity contribution in [1.29, 1.82) is 0 Å². The first-order valence-electron chi connectivity index (χ1n) is 7.96. The van der Waals surface area contributed by atoms with Crippen LogP contribution in [-0.2, 0) is 17.5 Å². The summed E-state index contributed by atoms with van der Waals surface area (Å²) in [6.07, 6.45) is -8.46. The van der Waals surface area contributed by atoms with Crippen molar-refractivity contribution in [2.24, 2.45) is 0 Å². The second-order valence-electron chi connectivity index (χ2n) is 5.80. The minimum absolute atomic E-state index is 0.0250. The number of alkyl carbamates (subject to hydrolysis) is 1. The highest BCUT2D eigenvalue weighted by Crippen LogP contribution is 2.33. The van der Waals surface area contributed by atoms with Crippen molar-refractivity contribution in [3.8, 4) is 0 Å². The third-order valence-corrected chi connectivity index (χ3v) is 3.77. The molecule has 0 aliphatic heterocycles. The predicted octanol–water partition coefficient (Wildman–Crippen LogP) is 2.61. The fraction of sp³-hybridized carbons (Fsp3) is 0.278. The lowest BCUT2D eigenvalue weighted by atomic mass is 10.0. The second-order valence-corrected chi connectivity index (χ2v) is 5.80. The predicted molar refractivity (Wildman–Crippen MR) is 91.5 cm³/mol. The van der Waals surface area contributed by atoms with E-state index in [4.69, 9.17) is 10.5 Å². The Bertz CT molecular complexity index is 769. The first-order valence-corrected chi connectivity index (χ1v) is 7.96. The van der Waals surface area contributed by atoms with Gasteiger partial charge in [-0.2, -0.15) is 13.2 Å². The van der Waals surface area contributed by atoms with Gasteiger partial charge < -0.3 is 26.0 Å². The zero-order chi connectivity index (χ0) is 20.0. The van der Waals surface area contributed by atoms with Gasteiger partial charge in [0.1, 0.15) is 18.8 Å². The van der Waals surface area contributed by atoms with Crippen molar-refractivity contribution in [3.05, 3.63) is 65.2 Å². The summed E-state index contributed by atoms with van der Waals surface area (Å²) in [5.74, 6) is 0. The molecule has 2 unspecified atom stereocenters. The van der Waals surface area contributed by atoms with E-state index in [-0.39, 0.29) is 24.4 Å². The maximum atomic E-state index is 12.6. The smallest absolute Gasteiger partial charge is 0.416 e. The van der Waals surface area contributed by atoms with E-state index in [1.165, 1.54) is 0 Å². The normalized spacial score (nSPS) is 13.7. The number of rotatable bonds is 6. The zero-order valence-corrected chi connectivity index (χ0v) is 14.1. The van der Waals surface area contributed by atoms with Gasteiger partial charge in [-0.05, 0) is 17.7 Å². The third kappa shape index (κ3) is 5.87. The van der Waals surface area contributed by atoms with Crippen molar-refractivity contribution < 1.29 is 32.9 Å². The van der Waals surface area contributed by atoms with E-state index < -0.39 is 30.0 Å². The number of aliphatic hydroxyl groups is 2. The Balaban J connectivity index is 1.88. The Hall–Kier alpha value is -2.78. The van der Waals surface area contributed by atoms with Crippen LogP contribution >= 0.6 is 0 Å². The number of alkyl halides is 3. The Morgan fingerprint density at radius 2 is 1.81 bits per heavy atom.